The number of carbonyl (C=O) groups is 1. The van der Waals surface area contributed by atoms with Crippen LogP contribution in [0.4, 0.5) is 5.69 Å². The number of anilines is 1. The van der Waals surface area contributed by atoms with E-state index in [9.17, 15) is 4.79 Å². The smallest absolute Gasteiger partial charge is 0.250 e. The summed E-state index contributed by atoms with van der Waals surface area (Å²) in [5.74, 6) is -0.167. The van der Waals surface area contributed by atoms with Crippen molar-refractivity contribution >= 4 is 22.4 Å². The van der Waals surface area contributed by atoms with E-state index < -0.39 is 0 Å². The second-order valence-electron chi connectivity index (χ2n) is 3.92. The lowest BCUT2D eigenvalue weighted by molar-refractivity contribution is -0.120. The first-order chi connectivity index (χ1) is 8.81. The lowest BCUT2D eigenvalue weighted by Gasteiger charge is -2.08. The van der Waals surface area contributed by atoms with E-state index >= 15 is 0 Å². The van der Waals surface area contributed by atoms with Crippen LogP contribution in [0.2, 0.25) is 0 Å². The molecule has 0 aliphatic carbocycles. The van der Waals surface area contributed by atoms with Gasteiger partial charge in [0.2, 0.25) is 5.91 Å². The second-order valence-corrected chi connectivity index (χ2v) is 3.92. The van der Waals surface area contributed by atoms with Gasteiger partial charge in [0.25, 0.3) is 0 Å². The molecule has 2 aromatic carbocycles. The fourth-order valence-corrected chi connectivity index (χ4v) is 1.77. The normalized spacial score (nSPS) is 10.5. The molecule has 2 aromatic rings. The molecule has 3 N–H and O–H groups in total. The van der Waals surface area contributed by atoms with Gasteiger partial charge in [-0.2, -0.15) is 0 Å². The summed E-state index contributed by atoms with van der Waals surface area (Å²) >= 11 is 0. The third-order valence-electron chi connectivity index (χ3n) is 2.56. The number of carbonyl (C=O) groups excluding carboxylic acids is 1. The van der Waals surface area contributed by atoms with Crippen molar-refractivity contribution in [2.75, 3.05) is 25.1 Å². The molecule has 4 nitrogen and oxygen atoms in total. The monoisotopic (exact) mass is 244 g/mol. The minimum Gasteiger partial charge on any atom is -0.370 e. The third-order valence-corrected chi connectivity index (χ3v) is 2.56. The SMILES string of the molecule is NCCOCC(=O)Nc1cccc2ccccc12. The molecule has 2 rings (SSSR count). The highest BCUT2D eigenvalue weighted by atomic mass is 16.5. The van der Waals surface area contributed by atoms with E-state index in [0.29, 0.717) is 13.2 Å². The van der Waals surface area contributed by atoms with E-state index in [1.807, 2.05) is 42.5 Å². The molecular weight excluding hydrogens is 228 g/mol. The molecule has 4 heteroatoms. The van der Waals surface area contributed by atoms with E-state index in [-0.39, 0.29) is 12.5 Å². The zero-order valence-corrected chi connectivity index (χ0v) is 10.1. The summed E-state index contributed by atoms with van der Waals surface area (Å²) in [5, 5.41) is 4.96. The first kappa shape index (κ1) is 12.5. The number of amides is 1. The topological polar surface area (TPSA) is 64.3 Å². The molecule has 94 valence electrons. The van der Waals surface area contributed by atoms with Gasteiger partial charge in [0, 0.05) is 17.6 Å². The van der Waals surface area contributed by atoms with E-state index in [1.54, 1.807) is 0 Å². The molecular formula is C14H16N2O2. The van der Waals surface area contributed by atoms with Crippen LogP contribution in [0.3, 0.4) is 0 Å². The van der Waals surface area contributed by atoms with Gasteiger partial charge in [-0.25, -0.2) is 0 Å². The van der Waals surface area contributed by atoms with Crippen molar-refractivity contribution in [2.24, 2.45) is 5.73 Å². The Morgan fingerprint density at radius 1 is 1.17 bits per heavy atom. The number of hydrogen-bond acceptors (Lipinski definition) is 3. The number of ether oxygens (including phenoxy) is 1. The summed E-state index contributed by atoms with van der Waals surface area (Å²) in [7, 11) is 0. The van der Waals surface area contributed by atoms with Crippen molar-refractivity contribution < 1.29 is 9.53 Å². The summed E-state index contributed by atoms with van der Waals surface area (Å²) in [5.41, 5.74) is 6.09. The molecule has 0 unspecified atom stereocenters. The van der Waals surface area contributed by atoms with Gasteiger partial charge in [-0.05, 0) is 11.5 Å². The highest BCUT2D eigenvalue weighted by molar-refractivity contribution is 6.02. The standard InChI is InChI=1S/C14H16N2O2/c15-8-9-18-10-14(17)16-13-7-3-5-11-4-1-2-6-12(11)13/h1-7H,8-10,15H2,(H,16,17). The minimum atomic E-state index is -0.167. The molecule has 0 bridgehead atoms. The van der Waals surface area contributed by atoms with Gasteiger partial charge in [-0.1, -0.05) is 36.4 Å². The largest absolute Gasteiger partial charge is 0.370 e. The summed E-state index contributed by atoms with van der Waals surface area (Å²) in [6, 6.07) is 13.7. The van der Waals surface area contributed by atoms with Gasteiger partial charge in [-0.3, -0.25) is 4.79 Å². The molecule has 0 fully saturated rings. The van der Waals surface area contributed by atoms with Gasteiger partial charge in [0.1, 0.15) is 6.61 Å². The molecule has 18 heavy (non-hydrogen) atoms. The molecule has 0 heterocycles. The Bertz CT molecular complexity index is 535. The maximum absolute atomic E-state index is 11.7. The average Bonchev–Trinajstić information content (AvgIpc) is 2.39. The second kappa shape index (κ2) is 6.14. The first-order valence-electron chi connectivity index (χ1n) is 5.86. The van der Waals surface area contributed by atoms with Crippen LogP contribution in [0, 0.1) is 0 Å². The van der Waals surface area contributed by atoms with Crippen LogP contribution >= 0.6 is 0 Å². The van der Waals surface area contributed by atoms with Crippen LogP contribution in [-0.2, 0) is 9.53 Å². The summed E-state index contributed by atoms with van der Waals surface area (Å²) in [6.45, 7) is 0.838. The van der Waals surface area contributed by atoms with Crippen LogP contribution in [-0.4, -0.2) is 25.7 Å². The van der Waals surface area contributed by atoms with Gasteiger partial charge >= 0.3 is 0 Å². The Hall–Kier alpha value is -1.91. The fraction of sp³-hybridized carbons (Fsp3) is 0.214. The Morgan fingerprint density at radius 2 is 1.94 bits per heavy atom. The Balaban J connectivity index is 2.09. The van der Waals surface area contributed by atoms with Crippen molar-refractivity contribution in [1.29, 1.82) is 0 Å². The van der Waals surface area contributed by atoms with Gasteiger partial charge < -0.3 is 15.8 Å². The fourth-order valence-electron chi connectivity index (χ4n) is 1.77. The van der Waals surface area contributed by atoms with E-state index in [1.165, 1.54) is 0 Å². The highest BCUT2D eigenvalue weighted by Crippen LogP contribution is 2.22. The Labute approximate surface area is 106 Å². The number of nitrogens with one attached hydrogen (secondary N) is 1. The Kier molecular flexibility index (Phi) is 4.28. The van der Waals surface area contributed by atoms with Gasteiger partial charge in [0.05, 0.1) is 6.61 Å². The van der Waals surface area contributed by atoms with Crippen LogP contribution in [0.25, 0.3) is 10.8 Å². The molecule has 0 aliphatic heterocycles. The van der Waals surface area contributed by atoms with Crippen LogP contribution < -0.4 is 11.1 Å². The molecule has 0 aliphatic rings. The van der Waals surface area contributed by atoms with E-state index in [4.69, 9.17) is 10.5 Å². The molecule has 0 radical (unpaired) electrons. The maximum Gasteiger partial charge on any atom is 0.250 e. The zero-order chi connectivity index (χ0) is 12.8. The molecule has 0 saturated heterocycles. The van der Waals surface area contributed by atoms with Crippen LogP contribution in [0.1, 0.15) is 0 Å². The van der Waals surface area contributed by atoms with Crippen molar-refractivity contribution in [3.63, 3.8) is 0 Å². The van der Waals surface area contributed by atoms with Crippen LogP contribution in [0.15, 0.2) is 42.5 Å². The number of fused-ring (bicyclic) bond motifs is 1. The molecule has 0 aromatic heterocycles. The number of benzene rings is 2. The first-order valence-corrected chi connectivity index (χ1v) is 5.86. The van der Waals surface area contributed by atoms with Crippen molar-refractivity contribution in [3.8, 4) is 0 Å². The lowest BCUT2D eigenvalue weighted by atomic mass is 10.1. The third kappa shape index (κ3) is 3.06. The maximum atomic E-state index is 11.7. The van der Waals surface area contributed by atoms with Crippen molar-refractivity contribution in [1.82, 2.24) is 0 Å². The highest BCUT2D eigenvalue weighted by Gasteiger charge is 2.05. The Morgan fingerprint density at radius 3 is 2.78 bits per heavy atom. The summed E-state index contributed by atoms with van der Waals surface area (Å²) in [4.78, 5) is 11.7. The van der Waals surface area contributed by atoms with Crippen molar-refractivity contribution in [2.45, 2.75) is 0 Å². The zero-order valence-electron chi connectivity index (χ0n) is 10.1. The van der Waals surface area contributed by atoms with Gasteiger partial charge in [0.15, 0.2) is 0 Å². The van der Waals surface area contributed by atoms with E-state index in [0.717, 1.165) is 16.5 Å². The minimum absolute atomic E-state index is 0.0282. The van der Waals surface area contributed by atoms with Crippen molar-refractivity contribution in [3.05, 3.63) is 42.5 Å². The predicted octanol–water partition coefficient (Wildman–Crippen LogP) is 1.75. The van der Waals surface area contributed by atoms with E-state index in [2.05, 4.69) is 5.32 Å². The molecule has 0 saturated carbocycles. The number of nitrogens with two attached hydrogens (primary N) is 1. The average molecular weight is 244 g/mol. The quantitative estimate of drug-likeness (QED) is 0.788. The summed E-state index contributed by atoms with van der Waals surface area (Å²) < 4.78 is 5.09. The molecule has 0 spiro atoms. The van der Waals surface area contributed by atoms with Crippen LogP contribution in [0.5, 0.6) is 0 Å². The van der Waals surface area contributed by atoms with Gasteiger partial charge in [-0.15, -0.1) is 0 Å². The number of hydrogen-bond donors (Lipinski definition) is 2. The number of rotatable bonds is 5. The molecule has 0 atom stereocenters. The predicted molar refractivity (Wildman–Crippen MR) is 72.5 cm³/mol. The lowest BCUT2D eigenvalue weighted by Crippen LogP contribution is -2.20. The summed E-state index contributed by atoms with van der Waals surface area (Å²) in [6.07, 6.45) is 0. The molecule has 1 amide bonds.